The van der Waals surface area contributed by atoms with Crippen molar-refractivity contribution in [1.29, 1.82) is 0 Å². The molecule has 0 amide bonds. The summed E-state index contributed by atoms with van der Waals surface area (Å²) in [6.45, 7) is 0. The average molecular weight is 415 g/mol. The van der Waals surface area contributed by atoms with E-state index in [1.54, 1.807) is 0 Å². The van der Waals surface area contributed by atoms with Gasteiger partial charge >= 0.3 is 0 Å². The van der Waals surface area contributed by atoms with Crippen molar-refractivity contribution in [3.05, 3.63) is 118 Å². The van der Waals surface area contributed by atoms with Crippen LogP contribution in [0.25, 0.3) is 22.0 Å². The average Bonchev–Trinajstić information content (AvgIpc) is 3.15. The predicted molar refractivity (Wildman–Crippen MR) is 126 cm³/mol. The molecule has 4 aromatic carbocycles. The maximum atomic E-state index is 11.2. The van der Waals surface area contributed by atoms with Gasteiger partial charge in [-0.15, -0.1) is 0 Å². The molecule has 2 N–H and O–H groups in total. The molecule has 0 fully saturated rings. The van der Waals surface area contributed by atoms with Crippen LogP contribution in [0, 0.1) is 0 Å². The zero-order chi connectivity index (χ0) is 21.6. The highest BCUT2D eigenvalue weighted by molar-refractivity contribution is 6.00. The van der Waals surface area contributed by atoms with Crippen LogP contribution in [0.4, 0.5) is 0 Å². The summed E-state index contributed by atoms with van der Waals surface area (Å²) in [5, 5.41) is 23.5. The number of nitrogens with zero attached hydrogens (tertiary/aromatic N) is 1. The van der Waals surface area contributed by atoms with Crippen molar-refractivity contribution >= 4 is 10.9 Å². The van der Waals surface area contributed by atoms with E-state index in [4.69, 9.17) is 0 Å². The molecule has 0 saturated carbocycles. The normalized spacial score (nSPS) is 17.8. The molecule has 1 heterocycles. The van der Waals surface area contributed by atoms with E-state index in [1.807, 2.05) is 19.2 Å². The summed E-state index contributed by atoms with van der Waals surface area (Å²) < 4.78 is 2.10. The van der Waals surface area contributed by atoms with Crippen molar-refractivity contribution in [3.8, 4) is 22.6 Å². The Morgan fingerprint density at radius 1 is 0.656 bits per heavy atom. The van der Waals surface area contributed by atoms with Crippen molar-refractivity contribution in [2.24, 2.45) is 7.05 Å². The Balaban J connectivity index is 1.64. The van der Waals surface area contributed by atoms with Crippen LogP contribution in [0.15, 0.2) is 85.1 Å². The van der Waals surface area contributed by atoms with Crippen LogP contribution in [0.1, 0.15) is 45.2 Å². The fourth-order valence-corrected chi connectivity index (χ4v) is 6.15. The van der Waals surface area contributed by atoms with Gasteiger partial charge in [0.1, 0.15) is 11.5 Å². The smallest absolute Gasteiger partial charge is 0.127 e. The van der Waals surface area contributed by atoms with Gasteiger partial charge in [0.25, 0.3) is 0 Å². The van der Waals surface area contributed by atoms with Gasteiger partial charge in [0, 0.05) is 58.7 Å². The highest BCUT2D eigenvalue weighted by atomic mass is 16.3. The molecule has 1 aromatic heterocycles. The summed E-state index contributed by atoms with van der Waals surface area (Å²) in [6, 6.07) is 26.9. The van der Waals surface area contributed by atoms with E-state index >= 15 is 0 Å². The molecule has 32 heavy (non-hydrogen) atoms. The Morgan fingerprint density at radius 2 is 1.19 bits per heavy atom. The number of rotatable bonds is 1. The zero-order valence-corrected chi connectivity index (χ0v) is 17.6. The lowest BCUT2D eigenvalue weighted by Crippen LogP contribution is -2.28. The van der Waals surface area contributed by atoms with Crippen molar-refractivity contribution in [3.63, 3.8) is 0 Å². The van der Waals surface area contributed by atoms with E-state index in [9.17, 15) is 10.2 Å². The van der Waals surface area contributed by atoms with Gasteiger partial charge in [-0.2, -0.15) is 0 Å². The Kier molecular flexibility index (Phi) is 3.34. The van der Waals surface area contributed by atoms with Crippen LogP contribution in [0.2, 0.25) is 0 Å². The molecule has 0 aliphatic heterocycles. The molecule has 3 heteroatoms. The van der Waals surface area contributed by atoms with Gasteiger partial charge in [0.2, 0.25) is 0 Å². The summed E-state index contributed by atoms with van der Waals surface area (Å²) in [4.78, 5) is 0. The zero-order valence-electron chi connectivity index (χ0n) is 17.6. The first-order valence-corrected chi connectivity index (χ1v) is 11.0. The molecule has 5 aromatic rings. The summed E-state index contributed by atoms with van der Waals surface area (Å²) >= 11 is 0. The Bertz CT molecular complexity index is 1530. The van der Waals surface area contributed by atoms with Crippen molar-refractivity contribution in [2.45, 2.75) is 11.8 Å². The van der Waals surface area contributed by atoms with Gasteiger partial charge in [-0.25, -0.2) is 0 Å². The van der Waals surface area contributed by atoms with E-state index in [2.05, 4.69) is 71.4 Å². The minimum atomic E-state index is -0.0447. The lowest BCUT2D eigenvalue weighted by atomic mass is 9.59. The topological polar surface area (TPSA) is 45.4 Å². The lowest BCUT2D eigenvalue weighted by Gasteiger charge is -2.43. The Hall–Kier alpha value is -3.98. The van der Waals surface area contributed by atoms with Crippen LogP contribution in [0.5, 0.6) is 11.5 Å². The molecule has 0 radical (unpaired) electrons. The lowest BCUT2D eigenvalue weighted by molar-refractivity contribution is 0.442. The largest absolute Gasteiger partial charge is 0.507 e. The van der Waals surface area contributed by atoms with Crippen LogP contribution in [-0.2, 0) is 7.05 Å². The number of benzene rings is 4. The number of aryl methyl sites for hydroxylation is 1. The number of aromatic nitrogens is 1. The SMILES string of the molecule is Cn1cc(-c2c(O)cc(O)c3c2C2c4ccccc4C3c3ccccc32)c2ccccc21. The minimum Gasteiger partial charge on any atom is -0.507 e. The van der Waals surface area contributed by atoms with Crippen LogP contribution in [0.3, 0.4) is 0 Å². The molecule has 0 saturated heterocycles. The van der Waals surface area contributed by atoms with Crippen molar-refractivity contribution < 1.29 is 10.2 Å². The number of phenolic OH excluding ortho intramolecular Hbond substituents is 2. The molecule has 154 valence electrons. The number of fused-ring (bicyclic) bond motifs is 1. The van der Waals surface area contributed by atoms with E-state index in [0.29, 0.717) is 0 Å². The third kappa shape index (κ3) is 2.06. The Labute approximate surface area is 185 Å². The highest BCUT2D eigenvalue weighted by Gasteiger charge is 2.44. The third-order valence-electron chi connectivity index (χ3n) is 7.34. The van der Waals surface area contributed by atoms with Crippen LogP contribution < -0.4 is 0 Å². The fourth-order valence-electron chi connectivity index (χ4n) is 6.15. The molecule has 0 atom stereocenters. The summed E-state index contributed by atoms with van der Waals surface area (Å²) in [5.41, 5.74) is 9.90. The molecule has 3 nitrogen and oxygen atoms in total. The van der Waals surface area contributed by atoms with Crippen LogP contribution >= 0.6 is 0 Å². The van der Waals surface area contributed by atoms with E-state index in [1.165, 1.54) is 28.3 Å². The Morgan fingerprint density at radius 3 is 1.81 bits per heavy atom. The van der Waals surface area contributed by atoms with Crippen molar-refractivity contribution in [2.75, 3.05) is 0 Å². The molecular formula is C29H21NO2. The van der Waals surface area contributed by atoms with Gasteiger partial charge in [0.05, 0.1) is 0 Å². The quantitative estimate of drug-likeness (QED) is 0.333. The monoisotopic (exact) mass is 415 g/mol. The number of hydrogen-bond donors (Lipinski definition) is 2. The van der Waals surface area contributed by atoms with Gasteiger partial charge in [0.15, 0.2) is 0 Å². The van der Waals surface area contributed by atoms with Gasteiger partial charge in [-0.05, 0) is 33.9 Å². The predicted octanol–water partition coefficient (Wildman–Crippen LogP) is 6.24. The second-order valence-corrected chi connectivity index (χ2v) is 8.91. The molecule has 2 bridgehead atoms. The molecular weight excluding hydrogens is 394 g/mol. The summed E-state index contributed by atoms with van der Waals surface area (Å²) in [6.07, 6.45) is 2.09. The van der Waals surface area contributed by atoms with Gasteiger partial charge in [-0.1, -0.05) is 66.7 Å². The minimum absolute atomic E-state index is 0.0330. The van der Waals surface area contributed by atoms with Crippen molar-refractivity contribution in [1.82, 2.24) is 4.57 Å². The standard InChI is InChI=1S/C29H21NO2/c1-30-15-21(16-8-6-7-13-22(16)30)27-23(31)14-24(32)28-25-17-9-2-4-11-19(17)26(29(27)28)20-12-5-3-10-18(20)25/h2-15,25-26,31-32H,1H3. The summed E-state index contributed by atoms with van der Waals surface area (Å²) in [7, 11) is 2.03. The van der Waals surface area contributed by atoms with E-state index in [-0.39, 0.29) is 23.3 Å². The van der Waals surface area contributed by atoms with Crippen LogP contribution in [-0.4, -0.2) is 14.8 Å². The maximum absolute atomic E-state index is 11.2. The fraction of sp³-hybridized carbons (Fsp3) is 0.103. The number of para-hydroxylation sites is 1. The maximum Gasteiger partial charge on any atom is 0.127 e. The van der Waals surface area contributed by atoms with E-state index < -0.39 is 0 Å². The molecule has 0 unspecified atom stereocenters. The molecule has 0 spiro atoms. The van der Waals surface area contributed by atoms with Gasteiger partial charge in [-0.3, -0.25) is 0 Å². The molecule has 8 rings (SSSR count). The first-order valence-electron chi connectivity index (χ1n) is 11.0. The third-order valence-corrected chi connectivity index (χ3v) is 7.34. The highest BCUT2D eigenvalue weighted by Crippen LogP contribution is 2.61. The molecule has 3 aliphatic rings. The number of aromatic hydroxyl groups is 2. The second kappa shape index (κ2) is 6.04. The van der Waals surface area contributed by atoms with E-state index in [0.717, 1.165) is 33.2 Å². The first kappa shape index (κ1) is 17.7. The second-order valence-electron chi connectivity index (χ2n) is 8.91. The summed E-state index contributed by atoms with van der Waals surface area (Å²) in [5.74, 6) is 0.215. The number of hydrogen-bond acceptors (Lipinski definition) is 2. The van der Waals surface area contributed by atoms with Gasteiger partial charge < -0.3 is 14.8 Å². The number of phenols is 2. The first-order chi connectivity index (χ1) is 15.6. The molecule has 3 aliphatic carbocycles.